The number of amides is 1. The molecule has 0 saturated carbocycles. The number of rotatable bonds is 3. The summed E-state index contributed by atoms with van der Waals surface area (Å²) in [6.45, 7) is 4.96. The number of halogens is 1. The minimum atomic E-state index is -0.689. The smallest absolute Gasteiger partial charge is 0.331 e. The van der Waals surface area contributed by atoms with E-state index in [-0.39, 0.29) is 18.6 Å². The van der Waals surface area contributed by atoms with Crippen LogP contribution in [-0.4, -0.2) is 54.3 Å². The van der Waals surface area contributed by atoms with Crippen molar-refractivity contribution in [3.63, 3.8) is 0 Å². The fraction of sp³-hybridized carbons (Fsp3) is 0.571. The fourth-order valence-corrected chi connectivity index (χ4v) is 2.81. The molecular formula is C14H19BrN2O4. The van der Waals surface area contributed by atoms with Crippen LogP contribution in [0.25, 0.3) is 0 Å². The van der Waals surface area contributed by atoms with Crippen molar-refractivity contribution in [1.82, 2.24) is 9.47 Å². The maximum Gasteiger partial charge on any atom is 0.331 e. The summed E-state index contributed by atoms with van der Waals surface area (Å²) in [6, 6.07) is 1.23. The van der Waals surface area contributed by atoms with E-state index in [1.807, 2.05) is 24.6 Å². The van der Waals surface area contributed by atoms with Crippen molar-refractivity contribution in [1.29, 1.82) is 0 Å². The molecule has 2 heterocycles. The Morgan fingerprint density at radius 3 is 2.81 bits per heavy atom. The lowest BCUT2D eigenvalue weighted by Gasteiger charge is -2.34. The number of hydrogen-bond donors (Lipinski definition) is 0. The predicted octanol–water partition coefficient (Wildman–Crippen LogP) is 1.85. The lowest BCUT2D eigenvalue weighted by molar-refractivity contribution is -0.151. The summed E-state index contributed by atoms with van der Waals surface area (Å²) < 4.78 is 12.8. The van der Waals surface area contributed by atoms with E-state index in [0.29, 0.717) is 18.8 Å². The minimum absolute atomic E-state index is 0.146. The molecule has 1 saturated heterocycles. The first kappa shape index (κ1) is 16.0. The molecule has 6 nitrogen and oxygen atoms in total. The van der Waals surface area contributed by atoms with Gasteiger partial charge in [-0.05, 0) is 35.8 Å². The Labute approximate surface area is 132 Å². The Morgan fingerprint density at radius 1 is 1.48 bits per heavy atom. The monoisotopic (exact) mass is 358 g/mol. The molecule has 7 heteroatoms. The second kappa shape index (κ2) is 6.62. The predicted molar refractivity (Wildman–Crippen MR) is 80.2 cm³/mol. The summed E-state index contributed by atoms with van der Waals surface area (Å²) in [5.74, 6) is -0.641. The molecule has 0 aromatic carbocycles. The lowest BCUT2D eigenvalue weighted by Crippen LogP contribution is -2.53. The van der Waals surface area contributed by atoms with Crippen molar-refractivity contribution in [2.75, 3.05) is 26.9 Å². The maximum absolute atomic E-state index is 12.8. The van der Waals surface area contributed by atoms with Gasteiger partial charge in [0.25, 0.3) is 5.91 Å². The topological polar surface area (TPSA) is 60.8 Å². The number of carbonyl (C=O) groups excluding carboxylic acids is 2. The van der Waals surface area contributed by atoms with Crippen LogP contribution in [0.4, 0.5) is 0 Å². The highest BCUT2D eigenvalue weighted by atomic mass is 79.9. The van der Waals surface area contributed by atoms with Gasteiger partial charge >= 0.3 is 5.97 Å². The number of methoxy groups -OCH3 is 1. The lowest BCUT2D eigenvalue weighted by atomic mass is 10.2. The van der Waals surface area contributed by atoms with E-state index in [2.05, 4.69) is 15.9 Å². The summed E-state index contributed by atoms with van der Waals surface area (Å²) in [5, 5.41) is 0. The number of ether oxygens (including phenoxy) is 2. The molecular weight excluding hydrogens is 340 g/mol. The van der Waals surface area contributed by atoms with E-state index in [4.69, 9.17) is 9.47 Å². The Kier molecular flexibility index (Phi) is 5.05. The number of nitrogens with zero attached hydrogens (tertiary/aromatic N) is 2. The highest BCUT2D eigenvalue weighted by Gasteiger charge is 2.35. The average Bonchev–Trinajstić information content (AvgIpc) is 2.88. The van der Waals surface area contributed by atoms with Gasteiger partial charge in [0, 0.05) is 23.3 Å². The van der Waals surface area contributed by atoms with Crippen molar-refractivity contribution in [3.05, 3.63) is 22.4 Å². The molecule has 1 amide bonds. The highest BCUT2D eigenvalue weighted by molar-refractivity contribution is 9.10. The third-order valence-corrected chi connectivity index (χ3v) is 3.89. The van der Waals surface area contributed by atoms with Crippen LogP contribution in [-0.2, 0) is 14.3 Å². The third kappa shape index (κ3) is 3.29. The van der Waals surface area contributed by atoms with Crippen molar-refractivity contribution < 1.29 is 19.1 Å². The van der Waals surface area contributed by atoms with Crippen LogP contribution in [0.15, 0.2) is 16.7 Å². The van der Waals surface area contributed by atoms with Gasteiger partial charge in [-0.15, -0.1) is 0 Å². The molecule has 0 N–H and O–H groups in total. The van der Waals surface area contributed by atoms with Crippen molar-refractivity contribution in [2.24, 2.45) is 0 Å². The zero-order chi connectivity index (χ0) is 15.6. The molecule has 0 radical (unpaired) electrons. The highest BCUT2D eigenvalue weighted by Crippen LogP contribution is 2.22. The third-order valence-electron chi connectivity index (χ3n) is 3.45. The molecule has 2 rings (SSSR count). The van der Waals surface area contributed by atoms with Gasteiger partial charge < -0.3 is 18.9 Å². The summed E-state index contributed by atoms with van der Waals surface area (Å²) in [4.78, 5) is 26.1. The molecule has 1 atom stereocenters. The van der Waals surface area contributed by atoms with Gasteiger partial charge in [-0.3, -0.25) is 4.79 Å². The zero-order valence-corrected chi connectivity index (χ0v) is 13.9. The molecule has 0 bridgehead atoms. The summed E-state index contributed by atoms with van der Waals surface area (Å²) in [5.41, 5.74) is 0.549. The van der Waals surface area contributed by atoms with Crippen LogP contribution in [0, 0.1) is 0 Å². The Bertz CT molecular complexity index is 541. The van der Waals surface area contributed by atoms with Gasteiger partial charge in [0.05, 0.1) is 20.3 Å². The first-order valence-electron chi connectivity index (χ1n) is 6.79. The second-order valence-corrected chi connectivity index (χ2v) is 6.07. The van der Waals surface area contributed by atoms with Crippen LogP contribution in [0.2, 0.25) is 0 Å². The average molecular weight is 359 g/mol. The van der Waals surface area contributed by atoms with Gasteiger partial charge in [0.15, 0.2) is 6.04 Å². The maximum atomic E-state index is 12.8. The van der Waals surface area contributed by atoms with Crippen molar-refractivity contribution in [2.45, 2.75) is 25.9 Å². The van der Waals surface area contributed by atoms with Gasteiger partial charge in [0.2, 0.25) is 0 Å². The normalized spacial score (nSPS) is 18.9. The van der Waals surface area contributed by atoms with Gasteiger partial charge in [-0.1, -0.05) is 0 Å². The van der Waals surface area contributed by atoms with E-state index in [9.17, 15) is 9.59 Å². The van der Waals surface area contributed by atoms with Gasteiger partial charge in [-0.25, -0.2) is 4.79 Å². The molecule has 1 fully saturated rings. The fourth-order valence-electron chi connectivity index (χ4n) is 2.37. The first-order chi connectivity index (χ1) is 9.95. The second-order valence-electron chi connectivity index (χ2n) is 5.16. The van der Waals surface area contributed by atoms with Crippen LogP contribution in [0.5, 0.6) is 0 Å². The minimum Gasteiger partial charge on any atom is -0.467 e. The zero-order valence-electron chi connectivity index (χ0n) is 12.3. The molecule has 0 spiro atoms. The SMILES string of the molecule is COC(=O)C1COCCN1C(=O)c1cc(Br)cn1C(C)C. The van der Waals surface area contributed by atoms with Crippen molar-refractivity contribution in [3.8, 4) is 0 Å². The number of morpholine rings is 1. The first-order valence-corrected chi connectivity index (χ1v) is 7.59. The Morgan fingerprint density at radius 2 is 2.19 bits per heavy atom. The number of hydrogen-bond acceptors (Lipinski definition) is 4. The van der Waals surface area contributed by atoms with Crippen LogP contribution >= 0.6 is 15.9 Å². The van der Waals surface area contributed by atoms with E-state index in [0.717, 1.165) is 4.47 Å². The van der Waals surface area contributed by atoms with Gasteiger partial charge in [-0.2, -0.15) is 0 Å². The Hall–Kier alpha value is -1.34. The van der Waals surface area contributed by atoms with Crippen LogP contribution < -0.4 is 0 Å². The van der Waals surface area contributed by atoms with E-state index in [1.54, 1.807) is 6.07 Å². The van der Waals surface area contributed by atoms with E-state index < -0.39 is 12.0 Å². The Balaban J connectivity index is 2.31. The summed E-state index contributed by atoms with van der Waals surface area (Å²) in [6.07, 6.45) is 1.87. The van der Waals surface area contributed by atoms with Gasteiger partial charge in [0.1, 0.15) is 5.69 Å². The molecule has 0 aliphatic carbocycles. The summed E-state index contributed by atoms with van der Waals surface area (Å²) >= 11 is 3.39. The molecule has 116 valence electrons. The van der Waals surface area contributed by atoms with Crippen LogP contribution in [0.3, 0.4) is 0 Å². The number of carbonyl (C=O) groups is 2. The largest absolute Gasteiger partial charge is 0.467 e. The quantitative estimate of drug-likeness (QED) is 0.773. The number of esters is 1. The number of aromatic nitrogens is 1. The molecule has 1 aromatic heterocycles. The van der Waals surface area contributed by atoms with Crippen LogP contribution in [0.1, 0.15) is 30.4 Å². The van der Waals surface area contributed by atoms with E-state index in [1.165, 1.54) is 12.0 Å². The molecule has 1 unspecified atom stereocenters. The molecule has 1 aromatic rings. The van der Waals surface area contributed by atoms with Crippen molar-refractivity contribution >= 4 is 27.8 Å². The standard InChI is InChI=1S/C14H19BrN2O4/c1-9(2)17-7-10(15)6-11(17)13(18)16-4-5-21-8-12(16)14(19)20-3/h6-7,9,12H,4-5,8H2,1-3H3. The van der Waals surface area contributed by atoms with E-state index >= 15 is 0 Å². The summed E-state index contributed by atoms with van der Waals surface area (Å²) in [7, 11) is 1.31. The molecule has 21 heavy (non-hydrogen) atoms. The molecule has 1 aliphatic rings. The molecule has 1 aliphatic heterocycles.